The highest BCUT2D eigenvalue weighted by Crippen LogP contribution is 2.41. The van der Waals surface area contributed by atoms with E-state index < -0.39 is 12.0 Å². The zero-order valence-corrected chi connectivity index (χ0v) is 10.4. The summed E-state index contributed by atoms with van der Waals surface area (Å²) in [5.74, 6) is -1.89. The average molecular weight is 256 g/mol. The van der Waals surface area contributed by atoms with Gasteiger partial charge in [0, 0.05) is 12.8 Å². The lowest BCUT2D eigenvalue weighted by Gasteiger charge is -2.31. The van der Waals surface area contributed by atoms with Crippen molar-refractivity contribution in [2.24, 2.45) is 5.92 Å². The minimum absolute atomic E-state index is 0.0713. The SMILES string of the molecule is COc1ccc(C(O)C2CCC(F)(F)CC2)cc1. The molecule has 0 aliphatic heterocycles. The molecular weight excluding hydrogens is 238 g/mol. The van der Waals surface area contributed by atoms with Crippen molar-refractivity contribution in [1.82, 2.24) is 0 Å². The van der Waals surface area contributed by atoms with Gasteiger partial charge in [-0.05, 0) is 36.5 Å². The molecule has 0 heterocycles. The number of halogens is 2. The third-order valence-electron chi connectivity index (χ3n) is 3.67. The summed E-state index contributed by atoms with van der Waals surface area (Å²) in [6.45, 7) is 0. The Bertz CT molecular complexity index is 379. The van der Waals surface area contributed by atoms with Crippen LogP contribution in [0.4, 0.5) is 8.78 Å². The lowest BCUT2D eigenvalue weighted by Crippen LogP contribution is -2.27. The molecule has 1 aliphatic rings. The van der Waals surface area contributed by atoms with Crippen LogP contribution in [0.25, 0.3) is 0 Å². The van der Waals surface area contributed by atoms with Gasteiger partial charge in [-0.25, -0.2) is 8.78 Å². The van der Waals surface area contributed by atoms with E-state index in [0.717, 1.165) is 11.3 Å². The standard InChI is InChI=1S/C14H18F2O2/c1-18-12-4-2-10(3-5-12)13(17)11-6-8-14(15,16)9-7-11/h2-5,11,13,17H,6-9H2,1H3. The summed E-state index contributed by atoms with van der Waals surface area (Å²) in [5.41, 5.74) is 0.769. The third-order valence-corrected chi connectivity index (χ3v) is 3.67. The molecule has 0 aromatic heterocycles. The van der Waals surface area contributed by atoms with Crippen molar-refractivity contribution in [3.63, 3.8) is 0 Å². The smallest absolute Gasteiger partial charge is 0.248 e. The molecule has 1 N–H and O–H groups in total. The van der Waals surface area contributed by atoms with Crippen LogP contribution in [-0.2, 0) is 0 Å². The Kier molecular flexibility index (Phi) is 3.85. The van der Waals surface area contributed by atoms with Crippen molar-refractivity contribution < 1.29 is 18.6 Å². The van der Waals surface area contributed by atoms with Gasteiger partial charge in [0.25, 0.3) is 0 Å². The molecule has 1 fully saturated rings. The van der Waals surface area contributed by atoms with Crippen LogP contribution in [-0.4, -0.2) is 18.1 Å². The number of aliphatic hydroxyl groups is 1. The van der Waals surface area contributed by atoms with Crippen LogP contribution in [0.5, 0.6) is 5.75 Å². The van der Waals surface area contributed by atoms with Crippen LogP contribution in [0.3, 0.4) is 0 Å². The predicted molar refractivity (Wildman–Crippen MR) is 64.9 cm³/mol. The highest BCUT2D eigenvalue weighted by Gasteiger charge is 2.37. The molecule has 2 nitrogen and oxygen atoms in total. The van der Waals surface area contributed by atoms with E-state index in [1.165, 1.54) is 0 Å². The minimum Gasteiger partial charge on any atom is -0.497 e. The van der Waals surface area contributed by atoms with Crippen LogP contribution in [0.2, 0.25) is 0 Å². The topological polar surface area (TPSA) is 29.5 Å². The van der Waals surface area contributed by atoms with Crippen molar-refractivity contribution in [3.8, 4) is 5.75 Å². The molecule has 1 aromatic rings. The van der Waals surface area contributed by atoms with Gasteiger partial charge in [0.15, 0.2) is 0 Å². The number of rotatable bonds is 3. The molecule has 1 unspecified atom stereocenters. The molecule has 0 amide bonds. The Morgan fingerprint density at radius 2 is 1.78 bits per heavy atom. The van der Waals surface area contributed by atoms with E-state index in [1.54, 1.807) is 31.4 Å². The number of hydrogen-bond acceptors (Lipinski definition) is 2. The minimum atomic E-state index is -2.55. The van der Waals surface area contributed by atoms with E-state index >= 15 is 0 Å². The van der Waals surface area contributed by atoms with Gasteiger partial charge >= 0.3 is 0 Å². The Morgan fingerprint density at radius 1 is 1.22 bits per heavy atom. The van der Waals surface area contributed by atoms with Gasteiger partial charge in [0.05, 0.1) is 13.2 Å². The molecule has 1 aliphatic carbocycles. The van der Waals surface area contributed by atoms with Gasteiger partial charge in [0.2, 0.25) is 5.92 Å². The molecule has 1 saturated carbocycles. The maximum atomic E-state index is 13.0. The zero-order chi connectivity index (χ0) is 13.2. The van der Waals surface area contributed by atoms with Crippen molar-refractivity contribution in [2.45, 2.75) is 37.7 Å². The summed E-state index contributed by atoms with van der Waals surface area (Å²) in [6.07, 6.45) is -0.150. The Labute approximate surface area is 106 Å². The van der Waals surface area contributed by atoms with E-state index in [1.807, 2.05) is 0 Å². The van der Waals surface area contributed by atoms with Crippen molar-refractivity contribution in [3.05, 3.63) is 29.8 Å². The summed E-state index contributed by atoms with van der Waals surface area (Å²) >= 11 is 0. The van der Waals surface area contributed by atoms with E-state index in [9.17, 15) is 13.9 Å². The van der Waals surface area contributed by atoms with Gasteiger partial charge in [-0.1, -0.05) is 12.1 Å². The molecule has 1 atom stereocenters. The van der Waals surface area contributed by atoms with E-state index in [0.29, 0.717) is 12.8 Å². The fourth-order valence-corrected chi connectivity index (χ4v) is 2.45. The second kappa shape index (κ2) is 5.22. The number of aliphatic hydroxyl groups excluding tert-OH is 1. The first-order valence-electron chi connectivity index (χ1n) is 6.22. The summed E-state index contributed by atoms with van der Waals surface area (Å²) in [7, 11) is 1.58. The van der Waals surface area contributed by atoms with Gasteiger partial charge in [0.1, 0.15) is 5.75 Å². The van der Waals surface area contributed by atoms with E-state index in [4.69, 9.17) is 4.74 Å². The first-order valence-corrected chi connectivity index (χ1v) is 6.22. The normalized spacial score (nSPS) is 21.6. The summed E-state index contributed by atoms with van der Waals surface area (Å²) < 4.78 is 31.1. The van der Waals surface area contributed by atoms with Crippen LogP contribution in [0.1, 0.15) is 37.4 Å². The molecule has 4 heteroatoms. The van der Waals surface area contributed by atoms with E-state index in [-0.39, 0.29) is 18.8 Å². The monoisotopic (exact) mass is 256 g/mol. The molecule has 0 bridgehead atoms. The molecule has 18 heavy (non-hydrogen) atoms. The molecule has 100 valence electrons. The Hall–Kier alpha value is -1.16. The van der Waals surface area contributed by atoms with Crippen molar-refractivity contribution in [1.29, 1.82) is 0 Å². The Morgan fingerprint density at radius 3 is 2.28 bits per heavy atom. The number of benzene rings is 1. The fraction of sp³-hybridized carbons (Fsp3) is 0.571. The maximum Gasteiger partial charge on any atom is 0.248 e. The van der Waals surface area contributed by atoms with Crippen molar-refractivity contribution >= 4 is 0 Å². The molecule has 1 aromatic carbocycles. The largest absolute Gasteiger partial charge is 0.497 e. The van der Waals surface area contributed by atoms with Crippen LogP contribution in [0, 0.1) is 5.92 Å². The third kappa shape index (κ3) is 2.99. The molecule has 0 radical (unpaired) electrons. The summed E-state index contributed by atoms with van der Waals surface area (Å²) in [4.78, 5) is 0. The number of alkyl halides is 2. The van der Waals surface area contributed by atoms with Gasteiger partial charge in [-0.3, -0.25) is 0 Å². The van der Waals surface area contributed by atoms with Gasteiger partial charge in [-0.2, -0.15) is 0 Å². The van der Waals surface area contributed by atoms with Crippen LogP contribution in [0.15, 0.2) is 24.3 Å². The first kappa shape index (κ1) is 13.3. The fourth-order valence-electron chi connectivity index (χ4n) is 2.45. The molecule has 0 spiro atoms. The second-order valence-corrected chi connectivity index (χ2v) is 4.91. The molecule has 0 saturated heterocycles. The molecular formula is C14H18F2O2. The Balaban J connectivity index is 2.00. The van der Waals surface area contributed by atoms with Crippen molar-refractivity contribution in [2.75, 3.05) is 7.11 Å². The average Bonchev–Trinajstić information content (AvgIpc) is 2.38. The first-order chi connectivity index (χ1) is 8.52. The maximum absolute atomic E-state index is 13.0. The van der Waals surface area contributed by atoms with Gasteiger partial charge < -0.3 is 9.84 Å². The van der Waals surface area contributed by atoms with Gasteiger partial charge in [-0.15, -0.1) is 0 Å². The predicted octanol–water partition coefficient (Wildman–Crippen LogP) is 3.55. The van der Waals surface area contributed by atoms with E-state index in [2.05, 4.69) is 0 Å². The quantitative estimate of drug-likeness (QED) is 0.896. The van der Waals surface area contributed by atoms with Crippen LogP contribution < -0.4 is 4.74 Å². The highest BCUT2D eigenvalue weighted by molar-refractivity contribution is 5.28. The number of hydrogen-bond donors (Lipinski definition) is 1. The summed E-state index contributed by atoms with van der Waals surface area (Å²) in [6, 6.07) is 7.12. The highest BCUT2D eigenvalue weighted by atomic mass is 19.3. The second-order valence-electron chi connectivity index (χ2n) is 4.91. The number of methoxy groups -OCH3 is 1. The lowest BCUT2D eigenvalue weighted by atomic mass is 9.81. The summed E-state index contributed by atoms with van der Waals surface area (Å²) in [5, 5.41) is 10.2. The van der Waals surface area contributed by atoms with Crippen LogP contribution >= 0.6 is 0 Å². The lowest BCUT2D eigenvalue weighted by molar-refractivity contribution is -0.0627. The molecule has 2 rings (SSSR count). The zero-order valence-electron chi connectivity index (χ0n) is 10.4. The number of ether oxygens (including phenoxy) is 1.